The van der Waals surface area contributed by atoms with Gasteiger partial charge in [-0.15, -0.1) is 0 Å². The summed E-state index contributed by atoms with van der Waals surface area (Å²) in [5.74, 6) is 1.46. The van der Waals surface area contributed by atoms with Crippen molar-refractivity contribution in [3.05, 3.63) is 78.1 Å². The number of methoxy groups -OCH3 is 2. The lowest BCUT2D eigenvalue weighted by Gasteiger charge is -2.12. The molecular weight excluding hydrogens is 372 g/mol. The first-order chi connectivity index (χ1) is 14.7. The van der Waals surface area contributed by atoms with Crippen molar-refractivity contribution >= 4 is 32.6 Å². The van der Waals surface area contributed by atoms with E-state index in [0.29, 0.717) is 0 Å². The molecule has 0 fully saturated rings. The third-order valence-electron chi connectivity index (χ3n) is 5.89. The second kappa shape index (κ2) is 7.38. The van der Waals surface area contributed by atoms with Crippen molar-refractivity contribution in [1.29, 1.82) is 0 Å². The van der Waals surface area contributed by atoms with Gasteiger partial charge in [-0.1, -0.05) is 24.3 Å². The van der Waals surface area contributed by atoms with Crippen LogP contribution in [0.25, 0.3) is 32.6 Å². The van der Waals surface area contributed by atoms with E-state index in [1.807, 2.05) is 24.5 Å². The molecule has 3 aromatic carbocycles. The van der Waals surface area contributed by atoms with Crippen LogP contribution in [-0.2, 0) is 13.0 Å². The zero-order chi connectivity index (χ0) is 20.7. The van der Waals surface area contributed by atoms with Crippen LogP contribution in [0.3, 0.4) is 0 Å². The largest absolute Gasteiger partial charge is 0.493 e. The summed E-state index contributed by atoms with van der Waals surface area (Å²) in [6, 6.07) is 19.5. The molecule has 0 atom stereocenters. The molecule has 0 saturated heterocycles. The normalized spacial score (nSPS) is 11.4. The summed E-state index contributed by atoms with van der Waals surface area (Å²) in [6.45, 7) is 3.15. The van der Waals surface area contributed by atoms with E-state index in [1.165, 1.54) is 32.9 Å². The van der Waals surface area contributed by atoms with E-state index >= 15 is 0 Å². The van der Waals surface area contributed by atoms with Gasteiger partial charge >= 0.3 is 0 Å². The summed E-state index contributed by atoms with van der Waals surface area (Å²) in [5, 5.41) is 4.79. The monoisotopic (exact) mass is 396 g/mol. The minimum Gasteiger partial charge on any atom is -0.493 e. The maximum Gasteiger partial charge on any atom is 0.161 e. The summed E-state index contributed by atoms with van der Waals surface area (Å²) in [5.41, 5.74) is 5.01. The number of fused-ring (bicyclic) bond motifs is 4. The number of hydrogen-bond acceptors (Lipinski definition) is 3. The molecule has 5 aromatic rings. The van der Waals surface area contributed by atoms with Gasteiger partial charge < -0.3 is 14.0 Å². The van der Waals surface area contributed by atoms with Crippen LogP contribution in [0.5, 0.6) is 11.5 Å². The van der Waals surface area contributed by atoms with Gasteiger partial charge in [0.25, 0.3) is 0 Å². The lowest BCUT2D eigenvalue weighted by atomic mass is 9.99. The van der Waals surface area contributed by atoms with Crippen LogP contribution in [0, 0.1) is 0 Å². The smallest absolute Gasteiger partial charge is 0.161 e. The van der Waals surface area contributed by atoms with Gasteiger partial charge in [-0.2, -0.15) is 0 Å². The standard InChI is InChI=1S/C26H24N2O2/c1-4-28-23-8-6-5-7-20(23)22-12-17(9-10-24(22)28)11-18-15-27-16-19-13-25(29-2)26(30-3)14-21(18)19/h5-10,12-16H,4,11H2,1-3H3. The fourth-order valence-electron chi connectivity index (χ4n) is 4.47. The summed E-state index contributed by atoms with van der Waals surface area (Å²) in [6.07, 6.45) is 4.63. The van der Waals surface area contributed by atoms with Crippen molar-refractivity contribution in [2.75, 3.05) is 14.2 Å². The molecule has 0 spiro atoms. The summed E-state index contributed by atoms with van der Waals surface area (Å²) >= 11 is 0. The van der Waals surface area contributed by atoms with Crippen LogP contribution in [-0.4, -0.2) is 23.8 Å². The summed E-state index contributed by atoms with van der Waals surface area (Å²) in [7, 11) is 3.32. The fourth-order valence-corrected chi connectivity index (χ4v) is 4.47. The second-order valence-corrected chi connectivity index (χ2v) is 7.52. The predicted molar refractivity (Wildman–Crippen MR) is 123 cm³/mol. The highest BCUT2D eigenvalue weighted by Crippen LogP contribution is 2.35. The second-order valence-electron chi connectivity index (χ2n) is 7.52. The molecule has 4 heteroatoms. The number of benzene rings is 3. The molecule has 30 heavy (non-hydrogen) atoms. The third-order valence-corrected chi connectivity index (χ3v) is 5.89. The quantitative estimate of drug-likeness (QED) is 0.367. The number of rotatable bonds is 5. The van der Waals surface area contributed by atoms with Crippen molar-refractivity contribution in [2.45, 2.75) is 19.9 Å². The van der Waals surface area contributed by atoms with Gasteiger partial charge in [0.05, 0.1) is 14.2 Å². The molecule has 0 saturated carbocycles. The van der Waals surface area contributed by atoms with Crippen molar-refractivity contribution in [3.8, 4) is 11.5 Å². The average Bonchev–Trinajstić information content (AvgIpc) is 3.11. The number of pyridine rings is 1. The van der Waals surface area contributed by atoms with E-state index in [1.54, 1.807) is 14.2 Å². The zero-order valence-electron chi connectivity index (χ0n) is 17.5. The van der Waals surface area contributed by atoms with Gasteiger partial charge in [-0.25, -0.2) is 0 Å². The third kappa shape index (κ3) is 2.88. The maximum atomic E-state index is 5.52. The number of para-hydroxylation sites is 1. The SMILES string of the molecule is CCn1c2ccccc2c2cc(Cc3cncc4cc(OC)c(OC)cc34)ccc21. The lowest BCUT2D eigenvalue weighted by Crippen LogP contribution is -1.96. The van der Waals surface area contributed by atoms with Crippen molar-refractivity contribution in [2.24, 2.45) is 0 Å². The van der Waals surface area contributed by atoms with Gasteiger partial charge in [-0.3, -0.25) is 4.98 Å². The van der Waals surface area contributed by atoms with Gasteiger partial charge in [0, 0.05) is 46.1 Å². The van der Waals surface area contributed by atoms with E-state index in [2.05, 4.69) is 58.9 Å². The summed E-state index contributed by atoms with van der Waals surface area (Å²) < 4.78 is 13.4. The molecule has 0 N–H and O–H groups in total. The molecule has 0 bridgehead atoms. The van der Waals surface area contributed by atoms with Crippen LogP contribution in [0.15, 0.2) is 67.0 Å². The molecule has 2 heterocycles. The Morgan fingerprint density at radius 1 is 0.800 bits per heavy atom. The fraction of sp³-hybridized carbons (Fsp3) is 0.192. The molecule has 0 aliphatic rings. The first-order valence-electron chi connectivity index (χ1n) is 10.2. The molecule has 0 amide bonds. The van der Waals surface area contributed by atoms with Crippen LogP contribution in [0.1, 0.15) is 18.1 Å². The topological polar surface area (TPSA) is 36.3 Å². The molecular formula is C26H24N2O2. The van der Waals surface area contributed by atoms with Crippen LogP contribution >= 0.6 is 0 Å². The Balaban J connectivity index is 1.64. The molecule has 0 radical (unpaired) electrons. The minimum atomic E-state index is 0.720. The minimum absolute atomic E-state index is 0.720. The zero-order valence-corrected chi connectivity index (χ0v) is 17.5. The number of nitrogens with zero attached hydrogens (tertiary/aromatic N) is 2. The van der Waals surface area contributed by atoms with E-state index in [4.69, 9.17) is 9.47 Å². The first-order valence-corrected chi connectivity index (χ1v) is 10.2. The molecule has 4 nitrogen and oxygen atoms in total. The van der Waals surface area contributed by atoms with Crippen molar-refractivity contribution < 1.29 is 9.47 Å². The highest BCUT2D eigenvalue weighted by molar-refractivity contribution is 6.08. The van der Waals surface area contributed by atoms with Crippen molar-refractivity contribution in [1.82, 2.24) is 9.55 Å². The van der Waals surface area contributed by atoms with Gasteiger partial charge in [0.1, 0.15) is 0 Å². The molecule has 150 valence electrons. The van der Waals surface area contributed by atoms with Crippen LogP contribution in [0.4, 0.5) is 0 Å². The Morgan fingerprint density at radius 2 is 1.57 bits per heavy atom. The first kappa shape index (κ1) is 18.5. The highest BCUT2D eigenvalue weighted by atomic mass is 16.5. The van der Waals surface area contributed by atoms with E-state index < -0.39 is 0 Å². The van der Waals surface area contributed by atoms with Crippen LogP contribution in [0.2, 0.25) is 0 Å². The number of hydrogen-bond donors (Lipinski definition) is 0. The maximum absolute atomic E-state index is 5.52. The highest BCUT2D eigenvalue weighted by Gasteiger charge is 2.12. The average molecular weight is 396 g/mol. The van der Waals surface area contributed by atoms with Crippen LogP contribution < -0.4 is 9.47 Å². The Kier molecular flexibility index (Phi) is 4.55. The van der Waals surface area contributed by atoms with Gasteiger partial charge in [0.2, 0.25) is 0 Å². The molecule has 0 aliphatic carbocycles. The number of aryl methyl sites for hydroxylation is 1. The lowest BCUT2D eigenvalue weighted by molar-refractivity contribution is 0.356. The van der Waals surface area contributed by atoms with E-state index in [9.17, 15) is 0 Å². The Bertz CT molecular complexity index is 1380. The molecule has 0 aliphatic heterocycles. The number of ether oxygens (including phenoxy) is 2. The van der Waals surface area contributed by atoms with E-state index in [-0.39, 0.29) is 0 Å². The van der Waals surface area contributed by atoms with Gasteiger partial charge in [-0.05, 0) is 60.2 Å². The number of aromatic nitrogens is 2. The molecule has 5 rings (SSSR count). The van der Waals surface area contributed by atoms with Gasteiger partial charge in [0.15, 0.2) is 11.5 Å². The Hall–Kier alpha value is -3.53. The Labute approximate surface area is 175 Å². The summed E-state index contributed by atoms with van der Waals surface area (Å²) in [4.78, 5) is 4.47. The Morgan fingerprint density at radius 3 is 2.37 bits per heavy atom. The van der Waals surface area contributed by atoms with E-state index in [0.717, 1.165) is 35.2 Å². The molecule has 2 aromatic heterocycles. The van der Waals surface area contributed by atoms with Crippen molar-refractivity contribution in [3.63, 3.8) is 0 Å². The predicted octanol–water partition coefficient (Wildman–Crippen LogP) is 5.97. The molecule has 0 unspecified atom stereocenters.